The van der Waals surface area contributed by atoms with Crippen LogP contribution in [-0.2, 0) is 19.2 Å². The van der Waals surface area contributed by atoms with Crippen molar-refractivity contribution in [3.8, 4) is 0 Å². The van der Waals surface area contributed by atoms with Crippen molar-refractivity contribution in [1.29, 1.82) is 0 Å². The third kappa shape index (κ3) is 11.3. The summed E-state index contributed by atoms with van der Waals surface area (Å²) in [6.45, 7) is 22.9. The molecule has 0 spiro atoms. The molecule has 40 heavy (non-hydrogen) atoms. The zero-order valence-electron chi connectivity index (χ0n) is 25.9. The third-order valence-corrected chi connectivity index (χ3v) is 9.65. The average Bonchev–Trinajstić information content (AvgIpc) is 2.96. The van der Waals surface area contributed by atoms with Gasteiger partial charge in [-0.2, -0.15) is 0 Å². The lowest BCUT2D eigenvalue weighted by molar-refractivity contribution is -0.125. The van der Waals surface area contributed by atoms with Crippen LogP contribution in [0.2, 0.25) is 0 Å². The standard InChI is InChI=1S/4C9H14O/c4*1-3-8-5-4-6-9(10)7(8)2/h4*3,7-8H,1,4-6H2,2H3/t2*7-,8+;2*7-,8-/m1010/s1. The molecule has 4 aliphatic carbocycles. The van der Waals surface area contributed by atoms with Crippen LogP contribution in [0.4, 0.5) is 0 Å². The van der Waals surface area contributed by atoms with Crippen LogP contribution in [0.15, 0.2) is 50.6 Å². The number of hydrogen-bond acceptors (Lipinski definition) is 4. The van der Waals surface area contributed by atoms with Gasteiger partial charge in [0.2, 0.25) is 0 Å². The molecule has 0 unspecified atom stereocenters. The zero-order chi connectivity index (χ0) is 30.2. The van der Waals surface area contributed by atoms with E-state index in [1.54, 1.807) is 0 Å². The largest absolute Gasteiger partial charge is 0.299 e. The summed E-state index contributed by atoms with van der Waals surface area (Å²) >= 11 is 0. The van der Waals surface area contributed by atoms with Gasteiger partial charge in [0.25, 0.3) is 0 Å². The third-order valence-electron chi connectivity index (χ3n) is 9.65. The van der Waals surface area contributed by atoms with Crippen LogP contribution in [0.5, 0.6) is 0 Å². The van der Waals surface area contributed by atoms with E-state index in [0.717, 1.165) is 77.0 Å². The number of Topliss-reactive ketones (excluding diaryl/α,β-unsaturated/α-hetero) is 4. The van der Waals surface area contributed by atoms with Gasteiger partial charge in [-0.25, -0.2) is 0 Å². The Morgan fingerprint density at radius 3 is 0.725 bits per heavy atom. The number of rotatable bonds is 4. The van der Waals surface area contributed by atoms with Gasteiger partial charge in [-0.15, -0.1) is 26.3 Å². The van der Waals surface area contributed by atoms with Crippen LogP contribution < -0.4 is 0 Å². The molecule has 4 nitrogen and oxygen atoms in total. The molecule has 0 aromatic carbocycles. The SMILES string of the molecule is C=C[C@@H]1CCCC(=O)[C@@H]1C.C=C[C@@H]1CCCC(=O)[C@H]1C.C=C[C@H]1CCCC(=O)[C@@H]1C.C=C[C@H]1CCCC(=O)[C@H]1C. The molecule has 0 aromatic rings. The lowest BCUT2D eigenvalue weighted by Gasteiger charge is -2.24. The number of carbonyl (C=O) groups excluding carboxylic acids is 4. The molecule has 4 heteroatoms. The van der Waals surface area contributed by atoms with E-state index in [9.17, 15) is 19.2 Å². The molecule has 0 heterocycles. The molecule has 0 aromatic heterocycles. The molecule has 8 atom stereocenters. The van der Waals surface area contributed by atoms with Crippen LogP contribution in [0.25, 0.3) is 0 Å². The number of ketones is 4. The summed E-state index contributed by atoms with van der Waals surface area (Å²) in [7, 11) is 0. The highest BCUT2D eigenvalue weighted by atomic mass is 16.1. The summed E-state index contributed by atoms with van der Waals surface area (Å²) < 4.78 is 0. The topological polar surface area (TPSA) is 68.3 Å². The number of allylic oxidation sites excluding steroid dienone is 4. The van der Waals surface area contributed by atoms with Crippen molar-refractivity contribution in [3.63, 3.8) is 0 Å². The summed E-state index contributed by atoms with van der Waals surface area (Å²) in [4.78, 5) is 44.5. The van der Waals surface area contributed by atoms with Gasteiger partial charge >= 0.3 is 0 Å². The molecule has 4 rings (SSSR count). The molecule has 4 fully saturated rings. The first-order valence-electron chi connectivity index (χ1n) is 15.6. The van der Waals surface area contributed by atoms with E-state index in [0.29, 0.717) is 46.8 Å². The van der Waals surface area contributed by atoms with Crippen molar-refractivity contribution in [1.82, 2.24) is 0 Å². The van der Waals surface area contributed by atoms with Gasteiger partial charge in [-0.05, 0) is 75.0 Å². The highest BCUT2D eigenvalue weighted by molar-refractivity contribution is 5.83. The fourth-order valence-corrected chi connectivity index (χ4v) is 6.20. The minimum atomic E-state index is 0.228. The lowest BCUT2D eigenvalue weighted by Crippen LogP contribution is -2.24. The second-order valence-corrected chi connectivity index (χ2v) is 12.2. The Kier molecular flexibility index (Phi) is 16.8. The molecular formula is C36H56O4. The minimum Gasteiger partial charge on any atom is -0.299 e. The fourth-order valence-electron chi connectivity index (χ4n) is 6.20. The van der Waals surface area contributed by atoms with E-state index >= 15 is 0 Å². The second-order valence-electron chi connectivity index (χ2n) is 12.2. The molecule has 0 N–H and O–H groups in total. The number of hydrogen-bond donors (Lipinski definition) is 0. The van der Waals surface area contributed by atoms with Gasteiger partial charge in [0.1, 0.15) is 23.1 Å². The predicted molar refractivity (Wildman–Crippen MR) is 167 cm³/mol. The monoisotopic (exact) mass is 552 g/mol. The minimum absolute atomic E-state index is 0.228. The molecule has 4 aliphatic rings. The van der Waals surface area contributed by atoms with Crippen LogP contribution in [0.1, 0.15) is 105 Å². The van der Waals surface area contributed by atoms with Gasteiger partial charge in [0, 0.05) is 49.4 Å². The normalized spacial score (nSPS) is 33.9. The van der Waals surface area contributed by atoms with Gasteiger partial charge in [0.05, 0.1) is 0 Å². The average molecular weight is 553 g/mol. The smallest absolute Gasteiger partial charge is 0.136 e. The van der Waals surface area contributed by atoms with Crippen molar-refractivity contribution in [2.24, 2.45) is 47.3 Å². The first-order valence-corrected chi connectivity index (χ1v) is 15.6. The first-order chi connectivity index (χ1) is 19.0. The van der Waals surface area contributed by atoms with Crippen molar-refractivity contribution in [2.45, 2.75) is 105 Å². The maximum absolute atomic E-state index is 11.1. The van der Waals surface area contributed by atoms with Gasteiger partial charge in [-0.1, -0.05) is 52.0 Å². The predicted octanol–water partition coefficient (Wildman–Crippen LogP) is 8.71. The molecule has 0 saturated heterocycles. The van der Waals surface area contributed by atoms with Crippen molar-refractivity contribution in [2.75, 3.05) is 0 Å². The summed E-state index contributed by atoms with van der Waals surface area (Å²) in [5, 5.41) is 0. The van der Waals surface area contributed by atoms with E-state index in [4.69, 9.17) is 0 Å². The van der Waals surface area contributed by atoms with Gasteiger partial charge in [0.15, 0.2) is 0 Å². The second kappa shape index (κ2) is 18.9. The van der Waals surface area contributed by atoms with E-state index in [1.807, 2.05) is 52.0 Å². The Balaban J connectivity index is 0.000000267. The van der Waals surface area contributed by atoms with Gasteiger partial charge in [-0.3, -0.25) is 19.2 Å². The summed E-state index contributed by atoms with van der Waals surface area (Å²) in [5.74, 6) is 4.35. The van der Waals surface area contributed by atoms with Crippen LogP contribution in [0, 0.1) is 47.3 Å². The molecule has 0 amide bonds. The maximum atomic E-state index is 11.1. The van der Waals surface area contributed by atoms with E-state index in [-0.39, 0.29) is 23.7 Å². The molecule has 224 valence electrons. The Labute approximate surface area is 244 Å². The van der Waals surface area contributed by atoms with E-state index < -0.39 is 0 Å². The zero-order valence-corrected chi connectivity index (χ0v) is 25.9. The van der Waals surface area contributed by atoms with Crippen molar-refractivity contribution in [3.05, 3.63) is 50.6 Å². The lowest BCUT2D eigenvalue weighted by atomic mass is 9.80. The summed E-state index contributed by atoms with van der Waals surface area (Å²) in [6, 6.07) is 0. The van der Waals surface area contributed by atoms with Crippen molar-refractivity contribution >= 4 is 23.1 Å². The quantitative estimate of drug-likeness (QED) is 0.327. The molecule has 0 radical (unpaired) electrons. The van der Waals surface area contributed by atoms with Crippen molar-refractivity contribution < 1.29 is 19.2 Å². The Bertz CT molecular complexity index is 739. The first kappa shape index (κ1) is 35.7. The Morgan fingerprint density at radius 1 is 0.425 bits per heavy atom. The summed E-state index contributed by atoms with van der Waals surface area (Å²) in [5.41, 5.74) is 0. The maximum Gasteiger partial charge on any atom is 0.136 e. The fraction of sp³-hybridized carbons (Fsp3) is 0.667. The van der Waals surface area contributed by atoms with E-state index in [2.05, 4.69) is 26.3 Å². The highest BCUT2D eigenvalue weighted by Gasteiger charge is 2.27. The molecule has 4 saturated carbocycles. The molecular weight excluding hydrogens is 496 g/mol. The number of carbonyl (C=O) groups is 4. The van der Waals surface area contributed by atoms with Crippen LogP contribution in [-0.4, -0.2) is 23.1 Å². The summed E-state index contributed by atoms with van der Waals surface area (Å²) in [6.07, 6.45) is 19.6. The van der Waals surface area contributed by atoms with Crippen LogP contribution in [0.3, 0.4) is 0 Å². The molecule has 0 aliphatic heterocycles. The van der Waals surface area contributed by atoms with E-state index in [1.165, 1.54) is 0 Å². The Morgan fingerprint density at radius 2 is 0.600 bits per heavy atom. The Hall–Kier alpha value is -2.36. The molecule has 0 bridgehead atoms. The van der Waals surface area contributed by atoms with Gasteiger partial charge < -0.3 is 0 Å². The van der Waals surface area contributed by atoms with Crippen LogP contribution >= 0.6 is 0 Å². The highest BCUT2D eigenvalue weighted by Crippen LogP contribution is 2.29.